The van der Waals surface area contributed by atoms with Crippen molar-refractivity contribution in [1.82, 2.24) is 0 Å². The van der Waals surface area contributed by atoms with Gasteiger partial charge in [-0.25, -0.2) is 4.79 Å². The highest BCUT2D eigenvalue weighted by Gasteiger charge is 2.35. The molecule has 2 aliphatic rings. The van der Waals surface area contributed by atoms with E-state index in [1.165, 1.54) is 30.4 Å². The molecule has 0 bridgehead atoms. The fourth-order valence-electron chi connectivity index (χ4n) is 4.95. The molecule has 2 heterocycles. The lowest BCUT2D eigenvalue weighted by Crippen LogP contribution is -2.17. The monoisotopic (exact) mass is 580 g/mol. The summed E-state index contributed by atoms with van der Waals surface area (Å²) in [7, 11) is 0. The predicted molar refractivity (Wildman–Crippen MR) is 181 cm³/mol. The molecule has 4 nitrogen and oxygen atoms in total. The molecular weight excluding hydrogens is 520 g/mol. The van der Waals surface area contributed by atoms with Gasteiger partial charge in [-0.2, -0.15) is 0 Å². The lowest BCUT2D eigenvalue weighted by molar-refractivity contribution is 0.0751. The van der Waals surface area contributed by atoms with Gasteiger partial charge in [0.05, 0.1) is 0 Å². The van der Waals surface area contributed by atoms with E-state index in [4.69, 9.17) is 13.6 Å². The summed E-state index contributed by atoms with van der Waals surface area (Å²) in [6.45, 7) is 25.3. The lowest BCUT2D eigenvalue weighted by Gasteiger charge is -2.26. The summed E-state index contributed by atoms with van der Waals surface area (Å²) in [6.07, 6.45) is 4.80. The molecule has 0 N–H and O–H groups in total. The van der Waals surface area contributed by atoms with E-state index in [0.717, 1.165) is 17.7 Å². The number of hydrogen-bond donors (Lipinski definition) is 0. The van der Waals surface area contributed by atoms with E-state index in [2.05, 4.69) is 105 Å². The van der Waals surface area contributed by atoms with Gasteiger partial charge in [-0.3, -0.25) is 0 Å². The van der Waals surface area contributed by atoms with Gasteiger partial charge in [-0.1, -0.05) is 134 Å². The fourth-order valence-corrected chi connectivity index (χ4v) is 4.95. The van der Waals surface area contributed by atoms with Crippen molar-refractivity contribution in [1.29, 1.82) is 0 Å². The van der Waals surface area contributed by atoms with Crippen molar-refractivity contribution in [2.45, 2.75) is 129 Å². The van der Waals surface area contributed by atoms with Gasteiger partial charge in [0, 0.05) is 23.0 Å². The van der Waals surface area contributed by atoms with Crippen LogP contribution in [-0.2, 0) is 29.4 Å². The minimum atomic E-state index is -0.605. The van der Waals surface area contributed by atoms with E-state index in [-0.39, 0.29) is 39.2 Å². The third kappa shape index (κ3) is 10.4. The maximum atomic E-state index is 10.7. The molecule has 1 aliphatic carbocycles. The minimum absolute atomic E-state index is 0. The van der Waals surface area contributed by atoms with Crippen LogP contribution in [0.1, 0.15) is 136 Å². The number of rotatable bonds is 1. The molecule has 4 heteroatoms. The molecule has 236 valence electrons. The summed E-state index contributed by atoms with van der Waals surface area (Å²) in [5.41, 5.74) is 7.61. The van der Waals surface area contributed by atoms with Gasteiger partial charge in [-0.05, 0) is 53.7 Å². The number of benzene rings is 2. The Kier molecular flexibility index (Phi) is 13.9. The van der Waals surface area contributed by atoms with E-state index in [1.54, 1.807) is 18.1 Å². The third-order valence-electron chi connectivity index (χ3n) is 7.08. The van der Waals surface area contributed by atoms with E-state index in [0.29, 0.717) is 16.9 Å². The second kappa shape index (κ2) is 14.9. The zero-order valence-corrected chi connectivity index (χ0v) is 25.8. The van der Waals surface area contributed by atoms with Gasteiger partial charge < -0.3 is 13.6 Å². The Labute approximate surface area is 257 Å². The van der Waals surface area contributed by atoms with Crippen LogP contribution in [0.25, 0.3) is 5.76 Å². The van der Waals surface area contributed by atoms with Crippen LogP contribution in [0.5, 0.6) is 0 Å². The van der Waals surface area contributed by atoms with Gasteiger partial charge in [0.15, 0.2) is 0 Å². The summed E-state index contributed by atoms with van der Waals surface area (Å²) in [5.74, 6) is 1.45. The Bertz CT molecular complexity index is 1330. The van der Waals surface area contributed by atoms with Crippen molar-refractivity contribution in [3.8, 4) is 0 Å². The first-order chi connectivity index (χ1) is 18.0. The molecule has 0 saturated carbocycles. The highest BCUT2D eigenvalue weighted by Crippen LogP contribution is 2.46. The van der Waals surface area contributed by atoms with E-state index in [1.807, 2.05) is 6.07 Å². The molecule has 2 aromatic carbocycles. The van der Waals surface area contributed by atoms with Crippen molar-refractivity contribution >= 4 is 5.76 Å². The van der Waals surface area contributed by atoms with Crippen LogP contribution in [0.2, 0.25) is 0 Å². The normalized spacial score (nSPS) is 15.2. The first-order valence-electron chi connectivity index (χ1n) is 14.1. The Morgan fingerprint density at radius 1 is 0.833 bits per heavy atom. The first-order valence-corrected chi connectivity index (χ1v) is 14.1. The van der Waals surface area contributed by atoms with Crippen LogP contribution in [-0.4, -0.2) is 0 Å². The molecule has 0 fully saturated rings. The van der Waals surface area contributed by atoms with Crippen molar-refractivity contribution in [3.63, 3.8) is 0 Å². The van der Waals surface area contributed by atoms with Crippen molar-refractivity contribution in [2.75, 3.05) is 0 Å². The summed E-state index contributed by atoms with van der Waals surface area (Å²) in [6, 6.07) is 15.3. The zero-order valence-electron chi connectivity index (χ0n) is 25.8. The molecule has 1 aromatic heterocycles. The smallest absolute Gasteiger partial charge is 0.485 e. The zero-order chi connectivity index (χ0) is 29.2. The Balaban J connectivity index is 0.000000582. The molecular formula is C38H60O4. The number of hydrogen-bond acceptors (Lipinski definition) is 4. The quantitative estimate of drug-likeness (QED) is 0.287. The summed E-state index contributed by atoms with van der Waals surface area (Å²) < 4.78 is 15.4. The van der Waals surface area contributed by atoms with Gasteiger partial charge in [-0.15, -0.1) is 0 Å². The molecule has 1 unspecified atom stereocenters. The Morgan fingerprint density at radius 2 is 1.43 bits per heavy atom. The van der Waals surface area contributed by atoms with Crippen LogP contribution >= 0.6 is 0 Å². The van der Waals surface area contributed by atoms with Crippen LogP contribution < -0.4 is 5.82 Å². The number of aryl methyl sites for hydroxylation is 3. The first kappa shape index (κ1) is 39.0. The standard InChI is InChI=1S/C13H16O.C13H18.C9H14O3.3CH4/c1-9-10-7-5-6-8-11(10)12(14-9)13(2,3)4;1-13(2,3)12-8-7-10-5-4-6-11(10)9-12;1-6-7(5-9(2,3)4)12-8(10)11-6;;;/h5-8,12H,1H2,2-4H3;7-9H,4-6H2,1-3H3;5H2,1-4H3;3*1H4. The van der Waals surface area contributed by atoms with Gasteiger partial charge >= 0.3 is 5.82 Å². The third-order valence-corrected chi connectivity index (χ3v) is 7.08. The second-order valence-corrected chi connectivity index (χ2v) is 14.1. The summed E-state index contributed by atoms with van der Waals surface area (Å²) in [4.78, 5) is 10.7. The van der Waals surface area contributed by atoms with Crippen LogP contribution in [0.15, 0.2) is 62.7 Å². The van der Waals surface area contributed by atoms with Gasteiger partial charge in [0.1, 0.15) is 23.4 Å². The van der Waals surface area contributed by atoms with E-state index in [9.17, 15) is 4.79 Å². The molecule has 0 amide bonds. The van der Waals surface area contributed by atoms with Crippen LogP contribution in [0, 0.1) is 17.8 Å². The molecule has 0 saturated heterocycles. The minimum Gasteiger partial charge on any atom is -0.485 e. The van der Waals surface area contributed by atoms with Crippen LogP contribution in [0.4, 0.5) is 0 Å². The average molecular weight is 581 g/mol. The van der Waals surface area contributed by atoms with Gasteiger partial charge in [0.2, 0.25) is 0 Å². The molecule has 5 rings (SSSR count). The average Bonchev–Trinajstić information content (AvgIpc) is 3.50. The maximum absolute atomic E-state index is 10.7. The summed E-state index contributed by atoms with van der Waals surface area (Å²) in [5, 5.41) is 0. The molecule has 1 aliphatic heterocycles. The predicted octanol–water partition coefficient (Wildman–Crippen LogP) is 11.3. The number of fused-ring (bicyclic) bond motifs is 2. The molecule has 0 radical (unpaired) electrons. The topological polar surface area (TPSA) is 52.6 Å². The SMILES string of the molecule is C.C.C.C=C1OC(C(C)(C)C)c2ccccc21.CC(C)(C)c1ccc2c(c1)CCC2.Cc1oc(=O)oc1CC(C)(C)C. The Morgan fingerprint density at radius 3 is 1.95 bits per heavy atom. The molecule has 3 aromatic rings. The van der Waals surface area contributed by atoms with E-state index < -0.39 is 5.82 Å². The van der Waals surface area contributed by atoms with E-state index >= 15 is 0 Å². The van der Waals surface area contributed by atoms with Crippen molar-refractivity contribution in [3.05, 3.63) is 99.0 Å². The highest BCUT2D eigenvalue weighted by atomic mass is 16.6. The van der Waals surface area contributed by atoms with Crippen molar-refractivity contribution in [2.24, 2.45) is 10.8 Å². The maximum Gasteiger partial charge on any atom is 0.519 e. The Hall–Kier alpha value is -3.01. The number of ether oxygens (including phenoxy) is 1. The molecule has 0 spiro atoms. The lowest BCUT2D eigenvalue weighted by atomic mass is 9.84. The summed E-state index contributed by atoms with van der Waals surface area (Å²) >= 11 is 0. The van der Waals surface area contributed by atoms with Gasteiger partial charge in [0.25, 0.3) is 0 Å². The molecule has 1 atom stereocenters. The highest BCUT2D eigenvalue weighted by molar-refractivity contribution is 5.65. The largest absolute Gasteiger partial charge is 0.519 e. The fraction of sp³-hybridized carbons (Fsp3) is 0.553. The molecule has 42 heavy (non-hydrogen) atoms. The van der Waals surface area contributed by atoms with Crippen LogP contribution in [0.3, 0.4) is 0 Å². The second-order valence-electron chi connectivity index (χ2n) is 14.1. The van der Waals surface area contributed by atoms with Crippen molar-refractivity contribution < 1.29 is 13.6 Å².